The Morgan fingerprint density at radius 2 is 1.75 bits per heavy atom. The molecule has 2 rings (SSSR count). The first kappa shape index (κ1) is 14.0. The molecule has 0 unspecified atom stereocenters. The van der Waals surface area contributed by atoms with Gasteiger partial charge in [-0.05, 0) is 25.5 Å². The van der Waals surface area contributed by atoms with Crippen LogP contribution in [0.4, 0.5) is 0 Å². The summed E-state index contributed by atoms with van der Waals surface area (Å²) in [4.78, 5) is 37.5. The Bertz CT molecular complexity index is 571. The first-order valence-electron chi connectivity index (χ1n) is 6.16. The van der Waals surface area contributed by atoms with E-state index in [0.717, 1.165) is 4.90 Å². The van der Waals surface area contributed by atoms with Crippen LogP contribution >= 0.6 is 0 Å². The lowest BCUT2D eigenvalue weighted by Gasteiger charge is -2.23. The largest absolute Gasteiger partial charge is 0.467 e. The second-order valence-corrected chi connectivity index (χ2v) is 4.73. The average molecular weight is 273 g/mol. The van der Waals surface area contributed by atoms with Crippen molar-refractivity contribution >= 4 is 17.8 Å². The number of benzene rings is 1. The Balaban J connectivity index is 2.41. The second kappa shape index (κ2) is 5.28. The number of carbonyl (C=O) groups is 3. The summed E-state index contributed by atoms with van der Waals surface area (Å²) in [5.41, 5.74) is 1.32. The normalized spacial score (nSPS) is 15.0. The summed E-state index contributed by atoms with van der Waals surface area (Å²) >= 11 is 0. The van der Waals surface area contributed by atoms with E-state index < -0.39 is 23.8 Å². The molecule has 0 radical (unpaired) electrons. The van der Waals surface area contributed by atoms with E-state index in [4.69, 9.17) is 4.74 Å². The third kappa shape index (κ3) is 2.22. The van der Waals surface area contributed by atoms with Crippen LogP contribution < -0.4 is 0 Å². The Kier molecular flexibility index (Phi) is 3.70. The summed E-state index contributed by atoms with van der Waals surface area (Å²) in [6.07, 6.45) is 0.193. The van der Waals surface area contributed by atoms with Gasteiger partial charge in [0.25, 0.3) is 11.8 Å². The van der Waals surface area contributed by atoms with Gasteiger partial charge in [-0.3, -0.25) is 14.5 Å². The lowest BCUT2D eigenvalue weighted by atomic mass is 10.1. The minimum Gasteiger partial charge on any atom is -0.467 e. The molecule has 5 heteroatoms. The fourth-order valence-corrected chi connectivity index (χ4v) is 2.24. The Morgan fingerprint density at radius 3 is 2.15 bits per heavy atom. The standard InChI is InChI=1S/C15H15NO4/c1-9(2)8-12(15(19)20-3)16-13(17)10-6-4-5-7-11(10)14(16)18/h4-7,12H,1,8H2,2-3H3/t12-/m0/s1. The lowest BCUT2D eigenvalue weighted by Crippen LogP contribution is -2.45. The maximum atomic E-state index is 12.3. The molecule has 1 aliphatic rings. The van der Waals surface area contributed by atoms with Crippen molar-refractivity contribution in [3.05, 3.63) is 47.5 Å². The van der Waals surface area contributed by atoms with Crippen LogP contribution in [0, 0.1) is 0 Å². The van der Waals surface area contributed by atoms with Crippen molar-refractivity contribution in [3.8, 4) is 0 Å². The third-order valence-electron chi connectivity index (χ3n) is 3.15. The van der Waals surface area contributed by atoms with Gasteiger partial charge < -0.3 is 4.74 Å². The summed E-state index contributed by atoms with van der Waals surface area (Å²) in [5, 5.41) is 0. The van der Waals surface area contributed by atoms with Crippen molar-refractivity contribution in [1.29, 1.82) is 0 Å². The minimum absolute atomic E-state index is 0.193. The molecule has 5 nitrogen and oxygen atoms in total. The van der Waals surface area contributed by atoms with E-state index in [1.54, 1.807) is 31.2 Å². The number of esters is 1. The van der Waals surface area contributed by atoms with E-state index in [1.807, 2.05) is 0 Å². The maximum Gasteiger partial charge on any atom is 0.329 e. The topological polar surface area (TPSA) is 63.7 Å². The number of hydrogen-bond acceptors (Lipinski definition) is 4. The van der Waals surface area contributed by atoms with Gasteiger partial charge in [0.05, 0.1) is 18.2 Å². The van der Waals surface area contributed by atoms with Gasteiger partial charge in [0.2, 0.25) is 0 Å². The zero-order valence-corrected chi connectivity index (χ0v) is 11.4. The molecule has 0 bridgehead atoms. The minimum atomic E-state index is -0.968. The van der Waals surface area contributed by atoms with E-state index in [9.17, 15) is 14.4 Å². The molecule has 104 valence electrons. The molecular weight excluding hydrogens is 258 g/mol. The number of fused-ring (bicyclic) bond motifs is 1. The molecule has 1 aliphatic heterocycles. The summed E-state index contributed by atoms with van der Waals surface area (Å²) in [6.45, 7) is 5.46. The zero-order valence-electron chi connectivity index (χ0n) is 11.4. The molecule has 1 aromatic carbocycles. The average Bonchev–Trinajstić information content (AvgIpc) is 2.68. The van der Waals surface area contributed by atoms with Crippen molar-refractivity contribution in [2.45, 2.75) is 19.4 Å². The van der Waals surface area contributed by atoms with Crippen molar-refractivity contribution in [3.63, 3.8) is 0 Å². The van der Waals surface area contributed by atoms with Gasteiger partial charge in [-0.15, -0.1) is 6.58 Å². The van der Waals surface area contributed by atoms with Crippen molar-refractivity contribution < 1.29 is 19.1 Å². The first-order valence-corrected chi connectivity index (χ1v) is 6.16. The number of carbonyl (C=O) groups excluding carboxylic acids is 3. The van der Waals surface area contributed by atoms with Crippen molar-refractivity contribution in [2.24, 2.45) is 0 Å². The molecule has 0 aliphatic carbocycles. The number of methoxy groups -OCH3 is 1. The van der Waals surface area contributed by atoms with Crippen LogP contribution in [0.2, 0.25) is 0 Å². The SMILES string of the molecule is C=C(C)C[C@@H](C(=O)OC)N1C(=O)c2ccccc2C1=O. The zero-order chi connectivity index (χ0) is 14.9. The first-order chi connectivity index (χ1) is 9.47. The van der Waals surface area contributed by atoms with E-state index >= 15 is 0 Å². The summed E-state index contributed by atoms with van der Waals surface area (Å²) in [7, 11) is 1.23. The molecule has 1 aromatic rings. The number of nitrogens with zero attached hydrogens (tertiary/aromatic N) is 1. The van der Waals surface area contributed by atoms with Gasteiger partial charge in [-0.25, -0.2) is 4.79 Å². The molecule has 0 saturated carbocycles. The molecule has 0 N–H and O–H groups in total. The van der Waals surface area contributed by atoms with Gasteiger partial charge in [-0.1, -0.05) is 17.7 Å². The molecular formula is C15H15NO4. The number of hydrogen-bond donors (Lipinski definition) is 0. The molecule has 20 heavy (non-hydrogen) atoms. The summed E-state index contributed by atoms with van der Waals surface area (Å²) < 4.78 is 4.69. The fraction of sp³-hybridized carbons (Fsp3) is 0.267. The fourth-order valence-electron chi connectivity index (χ4n) is 2.24. The third-order valence-corrected chi connectivity index (χ3v) is 3.15. The highest BCUT2D eigenvalue weighted by molar-refractivity contribution is 6.22. The van der Waals surface area contributed by atoms with Crippen LogP contribution in [-0.2, 0) is 9.53 Å². The molecule has 1 heterocycles. The quantitative estimate of drug-likeness (QED) is 0.476. The van der Waals surface area contributed by atoms with Crippen LogP contribution in [0.5, 0.6) is 0 Å². The van der Waals surface area contributed by atoms with Crippen molar-refractivity contribution in [2.75, 3.05) is 7.11 Å². The Morgan fingerprint density at radius 1 is 1.25 bits per heavy atom. The summed E-state index contributed by atoms with van der Waals surface area (Å²) in [6, 6.07) is 5.54. The smallest absolute Gasteiger partial charge is 0.329 e. The Labute approximate surface area is 116 Å². The molecule has 2 amide bonds. The van der Waals surface area contributed by atoms with E-state index in [2.05, 4.69) is 6.58 Å². The van der Waals surface area contributed by atoms with Gasteiger partial charge in [-0.2, -0.15) is 0 Å². The highest BCUT2D eigenvalue weighted by atomic mass is 16.5. The van der Waals surface area contributed by atoms with Crippen LogP contribution in [-0.4, -0.2) is 35.8 Å². The van der Waals surface area contributed by atoms with Crippen LogP contribution in [0.1, 0.15) is 34.1 Å². The molecule has 1 atom stereocenters. The molecule has 0 spiro atoms. The maximum absolute atomic E-state index is 12.3. The van der Waals surface area contributed by atoms with E-state index in [-0.39, 0.29) is 6.42 Å². The van der Waals surface area contributed by atoms with Crippen molar-refractivity contribution in [1.82, 2.24) is 4.90 Å². The monoisotopic (exact) mass is 273 g/mol. The summed E-state index contributed by atoms with van der Waals surface area (Å²) in [5.74, 6) is -1.56. The van der Waals surface area contributed by atoms with E-state index in [1.165, 1.54) is 7.11 Å². The highest BCUT2D eigenvalue weighted by Gasteiger charge is 2.42. The number of rotatable bonds is 4. The Hall–Kier alpha value is -2.43. The predicted octanol–water partition coefficient (Wildman–Crippen LogP) is 1.79. The molecule has 0 aromatic heterocycles. The molecule has 0 fully saturated rings. The van der Waals surface area contributed by atoms with Gasteiger partial charge in [0.15, 0.2) is 0 Å². The number of amides is 2. The van der Waals surface area contributed by atoms with Gasteiger partial charge >= 0.3 is 5.97 Å². The van der Waals surface area contributed by atoms with Gasteiger partial charge in [0, 0.05) is 0 Å². The highest BCUT2D eigenvalue weighted by Crippen LogP contribution is 2.26. The van der Waals surface area contributed by atoms with E-state index in [0.29, 0.717) is 16.7 Å². The molecule has 0 saturated heterocycles. The predicted molar refractivity (Wildman–Crippen MR) is 72.2 cm³/mol. The van der Waals surface area contributed by atoms with Crippen LogP contribution in [0.25, 0.3) is 0 Å². The van der Waals surface area contributed by atoms with Crippen LogP contribution in [0.3, 0.4) is 0 Å². The lowest BCUT2D eigenvalue weighted by molar-refractivity contribution is -0.145. The van der Waals surface area contributed by atoms with Gasteiger partial charge in [0.1, 0.15) is 6.04 Å². The second-order valence-electron chi connectivity index (χ2n) is 4.73. The van der Waals surface area contributed by atoms with Crippen LogP contribution in [0.15, 0.2) is 36.4 Å². The number of ether oxygens (including phenoxy) is 1. The number of imide groups is 1.